The van der Waals surface area contributed by atoms with Crippen molar-refractivity contribution in [3.8, 4) is 0 Å². The molecule has 0 fully saturated rings. The number of nitrogens with zero attached hydrogens (tertiary/aromatic N) is 2. The number of guanidine groups is 1. The molecule has 0 saturated heterocycles. The molecule has 0 aliphatic carbocycles. The quantitative estimate of drug-likeness (QED) is 0.0273. The molecule has 12 heteroatoms. The molecular weight excluding hydrogens is 657 g/mol. The van der Waals surface area contributed by atoms with E-state index in [9.17, 15) is 9.59 Å². The van der Waals surface area contributed by atoms with E-state index in [-0.39, 0.29) is 61.3 Å². The van der Waals surface area contributed by atoms with Crippen molar-refractivity contribution < 1.29 is 9.59 Å². The summed E-state index contributed by atoms with van der Waals surface area (Å²) in [7, 11) is 0. The molecule has 284 valence electrons. The van der Waals surface area contributed by atoms with Gasteiger partial charge in [0.1, 0.15) is 6.04 Å². The lowest BCUT2D eigenvalue weighted by atomic mass is 9.97. The van der Waals surface area contributed by atoms with Gasteiger partial charge in [-0.25, -0.2) is 0 Å². The predicted molar refractivity (Wildman–Crippen MR) is 210 cm³/mol. The Balaban J connectivity index is -0.00000308. The summed E-state index contributed by atoms with van der Waals surface area (Å²) in [4.78, 5) is 32.0. The average molecular weight is 733 g/mol. The molecule has 0 heterocycles. The number of halogens is 3. The summed E-state index contributed by atoms with van der Waals surface area (Å²) in [5, 5.41) is 0. The summed E-state index contributed by atoms with van der Waals surface area (Å²) in [6, 6.07) is -2.58. The summed E-state index contributed by atoms with van der Waals surface area (Å²) in [6.07, 6.45) is 28.2. The molecule has 0 spiro atoms. The fourth-order valence-corrected chi connectivity index (χ4v) is 5.69. The van der Waals surface area contributed by atoms with E-state index < -0.39 is 18.1 Å². The number of ketones is 1. The molecule has 0 aromatic heterocycles. The Labute approximate surface area is 307 Å². The van der Waals surface area contributed by atoms with E-state index in [2.05, 4.69) is 18.8 Å². The van der Waals surface area contributed by atoms with Crippen molar-refractivity contribution in [3.05, 3.63) is 0 Å². The number of Topliss-reactive ketones (excluding diaryl/α,β-unsaturated/α-hetero) is 1. The van der Waals surface area contributed by atoms with Crippen LogP contribution >= 0.6 is 37.2 Å². The smallest absolute Gasteiger partial charge is 0.241 e. The van der Waals surface area contributed by atoms with Gasteiger partial charge in [0.05, 0.1) is 6.04 Å². The number of hydrogen-bond acceptors (Lipinski definition) is 6. The first-order chi connectivity index (χ1) is 21.2. The Kier molecular flexibility index (Phi) is 42.8. The molecule has 3 atom stereocenters. The summed E-state index contributed by atoms with van der Waals surface area (Å²) in [5.41, 5.74) is 29.3. The maximum Gasteiger partial charge on any atom is 0.241 e. The minimum absolute atomic E-state index is 0. The van der Waals surface area contributed by atoms with Gasteiger partial charge >= 0.3 is 0 Å². The molecule has 10 N–H and O–H groups in total. The third-order valence-corrected chi connectivity index (χ3v) is 8.68. The highest BCUT2D eigenvalue weighted by Gasteiger charge is 2.31. The van der Waals surface area contributed by atoms with Crippen LogP contribution in [0.5, 0.6) is 0 Å². The first-order valence-electron chi connectivity index (χ1n) is 18.4. The minimum atomic E-state index is -1.08. The van der Waals surface area contributed by atoms with Crippen molar-refractivity contribution in [1.82, 2.24) is 4.90 Å². The zero-order chi connectivity index (χ0) is 32.8. The molecular formula is C35H76Cl3N7O2. The van der Waals surface area contributed by atoms with Gasteiger partial charge in [-0.05, 0) is 19.3 Å². The first-order valence-corrected chi connectivity index (χ1v) is 18.4. The van der Waals surface area contributed by atoms with Gasteiger partial charge in [-0.2, -0.15) is 0 Å². The summed E-state index contributed by atoms with van der Waals surface area (Å²) in [6.45, 7) is 6.18. The van der Waals surface area contributed by atoms with Crippen molar-refractivity contribution >= 4 is 54.9 Å². The molecule has 0 aromatic carbocycles. The minimum Gasteiger partial charge on any atom is -0.370 e. The average Bonchev–Trinajstić information content (AvgIpc) is 3.00. The van der Waals surface area contributed by atoms with Gasteiger partial charge in [0, 0.05) is 32.1 Å². The number of aliphatic imine (C=N–C) groups is 1. The van der Waals surface area contributed by atoms with Crippen LogP contribution in [-0.4, -0.2) is 60.3 Å². The number of hydrogen-bond donors (Lipinski definition) is 5. The highest BCUT2D eigenvalue weighted by Crippen LogP contribution is 2.14. The number of carbonyl (C=O) groups excluding carboxylic acids is 2. The molecule has 0 aliphatic heterocycles. The van der Waals surface area contributed by atoms with Crippen LogP contribution in [0.2, 0.25) is 0 Å². The van der Waals surface area contributed by atoms with E-state index in [0.717, 1.165) is 25.7 Å². The van der Waals surface area contributed by atoms with Crippen molar-refractivity contribution in [2.45, 2.75) is 186 Å². The third-order valence-electron chi connectivity index (χ3n) is 8.68. The maximum absolute atomic E-state index is 13.4. The number of carbonyl (C=O) groups is 2. The van der Waals surface area contributed by atoms with Gasteiger partial charge in [0.2, 0.25) is 5.91 Å². The number of amides is 1. The van der Waals surface area contributed by atoms with Crippen LogP contribution in [0.3, 0.4) is 0 Å². The molecule has 47 heavy (non-hydrogen) atoms. The van der Waals surface area contributed by atoms with Gasteiger partial charge in [0.15, 0.2) is 11.7 Å². The molecule has 1 amide bonds. The van der Waals surface area contributed by atoms with Crippen LogP contribution in [0, 0.1) is 0 Å². The van der Waals surface area contributed by atoms with E-state index in [1.165, 1.54) is 116 Å². The van der Waals surface area contributed by atoms with Gasteiger partial charge in [-0.3, -0.25) is 14.6 Å². The first kappa shape index (κ1) is 53.0. The third kappa shape index (κ3) is 32.1. The molecule has 0 rings (SSSR count). The molecule has 0 radical (unpaired) electrons. The van der Waals surface area contributed by atoms with Crippen LogP contribution in [0.1, 0.15) is 168 Å². The topological polar surface area (TPSA) is 180 Å². The fourth-order valence-electron chi connectivity index (χ4n) is 5.69. The molecule has 0 bridgehead atoms. The number of unbranched alkanes of at least 4 members (excludes halogenated alkanes) is 20. The number of nitrogens with two attached hydrogens (primary N) is 5. The van der Waals surface area contributed by atoms with E-state index in [1.54, 1.807) is 0 Å². The van der Waals surface area contributed by atoms with Crippen LogP contribution in [0.15, 0.2) is 4.99 Å². The standard InChI is InChI=1S/C35H73N7O2.3ClH/c1-3-5-7-9-11-13-15-16-18-20-22-24-28-42(27-23-21-19-17-14-12-10-8-6-4-2)34(44)33(38)32(37)31(43)29-30(36)25-26-41-35(39)40;;;/h30,32-33H,3-29,36-38H2,1-2H3,(H4,39,40,41);3*1H/t30-,32?,33?;;;/m0.../s1. The highest BCUT2D eigenvalue weighted by molar-refractivity contribution is 5.93. The van der Waals surface area contributed by atoms with E-state index in [0.29, 0.717) is 26.1 Å². The zero-order valence-electron chi connectivity index (χ0n) is 30.1. The van der Waals surface area contributed by atoms with Gasteiger partial charge in [0.25, 0.3) is 0 Å². The molecule has 0 aliphatic rings. The zero-order valence-corrected chi connectivity index (χ0v) is 32.6. The van der Waals surface area contributed by atoms with Crippen LogP contribution in [0.25, 0.3) is 0 Å². The van der Waals surface area contributed by atoms with Crippen molar-refractivity contribution in [3.63, 3.8) is 0 Å². The maximum atomic E-state index is 13.4. The van der Waals surface area contributed by atoms with Gasteiger partial charge < -0.3 is 33.6 Å². The molecule has 2 unspecified atom stereocenters. The summed E-state index contributed by atoms with van der Waals surface area (Å²) >= 11 is 0. The fraction of sp³-hybridized carbons (Fsp3) is 0.914. The second-order valence-electron chi connectivity index (χ2n) is 13.0. The monoisotopic (exact) mass is 732 g/mol. The molecule has 0 saturated carbocycles. The highest BCUT2D eigenvalue weighted by atomic mass is 35.5. The Morgan fingerprint density at radius 3 is 1.23 bits per heavy atom. The lowest BCUT2D eigenvalue weighted by Crippen LogP contribution is -2.57. The second-order valence-corrected chi connectivity index (χ2v) is 13.0. The molecule has 0 aromatic rings. The lowest BCUT2D eigenvalue weighted by Gasteiger charge is -2.28. The van der Waals surface area contributed by atoms with Crippen molar-refractivity contribution in [1.29, 1.82) is 0 Å². The summed E-state index contributed by atoms with van der Waals surface area (Å²) < 4.78 is 0. The van der Waals surface area contributed by atoms with E-state index in [4.69, 9.17) is 28.7 Å². The SMILES string of the molecule is CCCCCCCCCCCCCCN(CCCCCCCCCCCC)C(=O)C(N)C(N)C(=O)C[C@@H](N)CCN=C(N)N.Cl.Cl.Cl. The Morgan fingerprint density at radius 2 is 0.894 bits per heavy atom. The van der Waals surface area contributed by atoms with Crippen LogP contribution in [0.4, 0.5) is 0 Å². The summed E-state index contributed by atoms with van der Waals surface area (Å²) in [5.74, 6) is -0.533. The molecule has 9 nitrogen and oxygen atoms in total. The number of rotatable bonds is 32. The van der Waals surface area contributed by atoms with Crippen LogP contribution in [-0.2, 0) is 9.59 Å². The van der Waals surface area contributed by atoms with Gasteiger partial charge in [-0.1, -0.05) is 142 Å². The second kappa shape index (κ2) is 38.0. The Morgan fingerprint density at radius 1 is 0.553 bits per heavy atom. The lowest BCUT2D eigenvalue weighted by molar-refractivity contribution is -0.135. The van der Waals surface area contributed by atoms with Crippen molar-refractivity contribution in [2.24, 2.45) is 33.7 Å². The Bertz CT molecular complexity index is 731. The normalized spacial score (nSPS) is 12.5. The van der Waals surface area contributed by atoms with E-state index in [1.807, 2.05) is 4.90 Å². The van der Waals surface area contributed by atoms with Crippen LogP contribution < -0.4 is 28.7 Å². The van der Waals surface area contributed by atoms with E-state index >= 15 is 0 Å². The largest absolute Gasteiger partial charge is 0.370 e. The Hall–Kier alpha value is -0.840. The van der Waals surface area contributed by atoms with Crippen molar-refractivity contribution in [2.75, 3.05) is 19.6 Å². The van der Waals surface area contributed by atoms with Gasteiger partial charge in [-0.15, -0.1) is 37.2 Å². The predicted octanol–water partition coefficient (Wildman–Crippen LogP) is 7.31.